The minimum Gasteiger partial charge on any atom is -0.392 e. The maximum atomic E-state index is 9.32. The molecule has 0 amide bonds. The maximum absolute atomic E-state index is 9.32. The van der Waals surface area contributed by atoms with Gasteiger partial charge in [0.2, 0.25) is 0 Å². The lowest BCUT2D eigenvalue weighted by Gasteiger charge is -2.61. The molecule has 1 nitrogen and oxygen atoms in total. The Hall–Kier alpha value is -0.120. The van der Waals surface area contributed by atoms with Crippen LogP contribution < -0.4 is 0 Å². The normalized spacial score (nSPS) is 40.2. The van der Waals surface area contributed by atoms with E-state index in [0.29, 0.717) is 10.8 Å². The van der Waals surface area contributed by atoms with Crippen LogP contribution in [0.5, 0.6) is 0 Å². The van der Waals surface area contributed by atoms with Crippen molar-refractivity contribution in [3.63, 3.8) is 0 Å². The second kappa shape index (κ2) is 11.8. The first kappa shape index (κ1) is 28.4. The molecule has 1 N–H and O–H groups in total. The van der Waals surface area contributed by atoms with Crippen molar-refractivity contribution in [1.82, 2.24) is 0 Å². The summed E-state index contributed by atoms with van der Waals surface area (Å²) in [5.74, 6) is 6.70. The average Bonchev–Trinajstić information content (AvgIpc) is 3.24. The number of fused-ring (bicyclic) bond motifs is 5. The topological polar surface area (TPSA) is 20.2 Å². The lowest BCUT2D eigenvalue weighted by molar-refractivity contribution is -0.113. The van der Waals surface area contributed by atoms with E-state index < -0.39 is 0 Å². The molecule has 4 saturated carbocycles. The fourth-order valence-electron chi connectivity index (χ4n) is 10.1. The molecule has 0 bridgehead atoms. The molecule has 3 heteroatoms. The molecule has 4 fully saturated rings. The molecule has 208 valence electrons. The van der Waals surface area contributed by atoms with E-state index >= 15 is 0 Å². The van der Waals surface area contributed by atoms with Crippen molar-refractivity contribution in [1.29, 1.82) is 0 Å². The first-order valence-electron chi connectivity index (χ1n) is 15.8. The van der Waals surface area contributed by atoms with Gasteiger partial charge >= 0.3 is 0 Å². The zero-order valence-electron chi connectivity index (χ0n) is 24.4. The molecule has 4 aliphatic rings. The molecule has 4 aliphatic carbocycles. The summed E-state index contributed by atoms with van der Waals surface area (Å²) in [6.07, 6.45) is 17.7. The van der Waals surface area contributed by atoms with Crippen LogP contribution in [0.2, 0.25) is 0 Å². The second-order valence-corrected chi connectivity index (χ2v) is 17.1. The first-order chi connectivity index (χ1) is 17.7. The molecule has 5 rings (SSSR count). The maximum Gasteiger partial charge on any atom is 0.0681 e. The minimum absolute atomic E-state index is 0.140. The molecule has 0 spiro atoms. The fourth-order valence-corrected chi connectivity index (χ4v) is 12.7. The van der Waals surface area contributed by atoms with Gasteiger partial charge in [-0.25, -0.2) is 0 Å². The van der Waals surface area contributed by atoms with Crippen molar-refractivity contribution in [2.75, 3.05) is 0 Å². The van der Waals surface area contributed by atoms with Crippen LogP contribution in [0.3, 0.4) is 0 Å². The van der Waals surface area contributed by atoms with Crippen molar-refractivity contribution in [2.45, 2.75) is 128 Å². The summed E-state index contributed by atoms with van der Waals surface area (Å²) in [6, 6.07) is 8.50. The highest BCUT2D eigenvalue weighted by Crippen LogP contribution is 2.69. The summed E-state index contributed by atoms with van der Waals surface area (Å²) in [7, 11) is 4.09. The zero-order chi connectivity index (χ0) is 26.2. The summed E-state index contributed by atoms with van der Waals surface area (Å²) in [5.41, 5.74) is 2.23. The molecule has 1 aromatic carbocycles. The largest absolute Gasteiger partial charge is 0.392 e. The van der Waals surface area contributed by atoms with Crippen molar-refractivity contribution in [3.8, 4) is 0 Å². The van der Waals surface area contributed by atoms with E-state index in [1.54, 1.807) is 0 Å². The summed E-state index contributed by atoms with van der Waals surface area (Å²) in [5, 5.41) is 10.1. The molecule has 9 unspecified atom stereocenters. The number of aliphatic hydroxyl groups is 1. The Balaban J connectivity index is 1.18. The van der Waals surface area contributed by atoms with Gasteiger partial charge in [0.25, 0.3) is 0 Å². The molecule has 1 aromatic rings. The van der Waals surface area contributed by atoms with E-state index in [0.717, 1.165) is 52.2 Å². The molecule has 0 aliphatic heterocycles. The van der Waals surface area contributed by atoms with Crippen molar-refractivity contribution >= 4 is 21.6 Å². The Morgan fingerprint density at radius 3 is 2.32 bits per heavy atom. The second-order valence-electron chi connectivity index (χ2n) is 14.6. The fraction of sp³-hybridized carbons (Fsp3) is 0.824. The monoisotopic (exact) mass is 542 g/mol. The third-order valence-electron chi connectivity index (χ3n) is 12.2. The van der Waals surface area contributed by atoms with E-state index in [1.165, 1.54) is 81.9 Å². The van der Waals surface area contributed by atoms with Gasteiger partial charge in [0.15, 0.2) is 0 Å². The van der Waals surface area contributed by atoms with Crippen LogP contribution in [0.1, 0.15) is 117 Å². The molecule has 9 atom stereocenters. The van der Waals surface area contributed by atoms with Gasteiger partial charge in [0.05, 0.1) is 6.61 Å². The van der Waals surface area contributed by atoms with Gasteiger partial charge in [-0.2, -0.15) is 0 Å². The molecular formula is C34H54OS2. The van der Waals surface area contributed by atoms with Crippen LogP contribution in [0, 0.1) is 52.3 Å². The van der Waals surface area contributed by atoms with E-state index in [2.05, 4.69) is 69.7 Å². The number of hydrogen-bond acceptors (Lipinski definition) is 3. The van der Waals surface area contributed by atoms with E-state index in [-0.39, 0.29) is 6.61 Å². The van der Waals surface area contributed by atoms with E-state index in [9.17, 15) is 5.11 Å². The third kappa shape index (κ3) is 5.72. The van der Waals surface area contributed by atoms with Crippen LogP contribution >= 0.6 is 21.6 Å². The number of hydrogen-bond donors (Lipinski definition) is 1. The quantitative estimate of drug-likeness (QED) is 0.313. The number of benzene rings is 1. The highest BCUT2D eigenvalue weighted by molar-refractivity contribution is 8.76. The predicted octanol–water partition coefficient (Wildman–Crippen LogP) is 10.4. The highest BCUT2D eigenvalue weighted by Gasteiger charge is 2.60. The lowest BCUT2D eigenvalue weighted by Crippen LogP contribution is -2.54. The van der Waals surface area contributed by atoms with Crippen LogP contribution in [0.15, 0.2) is 29.2 Å². The summed E-state index contributed by atoms with van der Waals surface area (Å²) >= 11 is 0. The first-order valence-corrected chi connectivity index (χ1v) is 18.0. The number of aliphatic hydroxyl groups excluding tert-OH is 1. The standard InChI is InChI=1S/C34H54OS2/c1-23(2)7-6-8-24(3)30-15-16-31-29-14-11-26-21-28(37-36-27-12-9-25(22-35)10-13-27)17-19-33(26,4)32(29)18-20-34(30,31)5/h9-10,12-13,23-24,26,28-32,35H,6-8,11,14-22H2,1-5H3. The van der Waals surface area contributed by atoms with E-state index in [1.807, 2.05) is 10.8 Å². The Bertz CT molecular complexity index is 882. The van der Waals surface area contributed by atoms with Crippen molar-refractivity contribution < 1.29 is 5.11 Å². The summed E-state index contributed by atoms with van der Waals surface area (Å²) < 4.78 is 0. The Labute approximate surface area is 236 Å². The highest BCUT2D eigenvalue weighted by atomic mass is 33.1. The Morgan fingerprint density at radius 1 is 0.865 bits per heavy atom. The van der Waals surface area contributed by atoms with Gasteiger partial charge in [-0.1, -0.05) is 87.6 Å². The zero-order valence-corrected chi connectivity index (χ0v) is 26.0. The van der Waals surface area contributed by atoms with Gasteiger partial charge in [-0.15, -0.1) is 0 Å². The van der Waals surface area contributed by atoms with Gasteiger partial charge in [-0.05, 0) is 128 Å². The number of rotatable bonds is 9. The average molecular weight is 543 g/mol. The predicted molar refractivity (Wildman–Crippen MR) is 163 cm³/mol. The lowest BCUT2D eigenvalue weighted by atomic mass is 9.44. The molecule has 37 heavy (non-hydrogen) atoms. The van der Waals surface area contributed by atoms with Crippen LogP contribution in [0.25, 0.3) is 0 Å². The smallest absolute Gasteiger partial charge is 0.0681 e. The Kier molecular flexibility index (Phi) is 9.04. The molecule has 0 aromatic heterocycles. The van der Waals surface area contributed by atoms with Gasteiger partial charge in [-0.3, -0.25) is 0 Å². The van der Waals surface area contributed by atoms with Gasteiger partial charge in [0, 0.05) is 10.1 Å². The molecule has 0 radical (unpaired) electrons. The van der Waals surface area contributed by atoms with Crippen LogP contribution in [0.4, 0.5) is 0 Å². The van der Waals surface area contributed by atoms with Gasteiger partial charge < -0.3 is 5.11 Å². The van der Waals surface area contributed by atoms with E-state index in [4.69, 9.17) is 0 Å². The van der Waals surface area contributed by atoms with Crippen molar-refractivity contribution in [3.05, 3.63) is 29.8 Å². The SMILES string of the molecule is CC(C)CCCC(C)C1CCC2C3CCC4CC(SSc5ccc(CO)cc5)CCC4(C)C3CCC12C. The Morgan fingerprint density at radius 2 is 1.59 bits per heavy atom. The summed E-state index contributed by atoms with van der Waals surface area (Å²) in [4.78, 5) is 1.33. The summed E-state index contributed by atoms with van der Waals surface area (Å²) in [6.45, 7) is 13.0. The molecule has 0 saturated heterocycles. The van der Waals surface area contributed by atoms with Gasteiger partial charge in [0.1, 0.15) is 0 Å². The van der Waals surface area contributed by atoms with Crippen LogP contribution in [-0.4, -0.2) is 10.4 Å². The molecular weight excluding hydrogens is 489 g/mol. The van der Waals surface area contributed by atoms with Crippen molar-refractivity contribution in [2.24, 2.45) is 52.3 Å². The third-order valence-corrected chi connectivity index (χ3v) is 15.1. The minimum atomic E-state index is 0.140. The molecule has 0 heterocycles. The van der Waals surface area contributed by atoms with Crippen LogP contribution in [-0.2, 0) is 6.61 Å².